The quantitative estimate of drug-likeness (QED) is 0.460. The second kappa shape index (κ2) is 11.1. The summed E-state index contributed by atoms with van der Waals surface area (Å²) in [6, 6.07) is 19.2. The molecule has 188 valence electrons. The van der Waals surface area contributed by atoms with E-state index in [2.05, 4.69) is 4.90 Å². The minimum atomic E-state index is -0.456. The first kappa shape index (κ1) is 25.0. The van der Waals surface area contributed by atoms with Gasteiger partial charge in [-0.1, -0.05) is 30.3 Å². The molecule has 0 saturated carbocycles. The monoisotopic (exact) mass is 491 g/mol. The lowest BCUT2D eigenvalue weighted by Crippen LogP contribution is -2.53. The molecule has 36 heavy (non-hydrogen) atoms. The van der Waals surface area contributed by atoms with E-state index >= 15 is 4.39 Å². The Balaban J connectivity index is 1.54. The fourth-order valence-corrected chi connectivity index (χ4v) is 4.33. The Kier molecular flexibility index (Phi) is 7.73. The number of halogens is 1. The van der Waals surface area contributed by atoms with Crippen molar-refractivity contribution in [2.45, 2.75) is 13.5 Å². The maximum absolute atomic E-state index is 15.0. The summed E-state index contributed by atoms with van der Waals surface area (Å²) in [7, 11) is 2.97. The average molecular weight is 492 g/mol. The number of ether oxygens (including phenoxy) is 2. The second-order valence-electron chi connectivity index (χ2n) is 8.66. The number of amides is 2. The molecular weight excluding hydrogens is 461 g/mol. The van der Waals surface area contributed by atoms with Gasteiger partial charge in [0.2, 0.25) is 0 Å². The largest absolute Gasteiger partial charge is 0.495 e. The molecule has 0 atom stereocenters. The molecule has 0 spiro atoms. The molecule has 0 bridgehead atoms. The smallest absolute Gasteiger partial charge is 0.337 e. The zero-order valence-corrected chi connectivity index (χ0v) is 20.7. The van der Waals surface area contributed by atoms with Crippen LogP contribution in [0.4, 0.5) is 20.6 Å². The summed E-state index contributed by atoms with van der Waals surface area (Å²) < 4.78 is 25.3. The molecule has 0 radical (unpaired) electrons. The molecule has 1 saturated heterocycles. The molecule has 2 amide bonds. The van der Waals surface area contributed by atoms with Crippen LogP contribution in [0.5, 0.6) is 5.75 Å². The lowest BCUT2D eigenvalue weighted by molar-refractivity contribution is 0.0600. The fraction of sp³-hybridized carbons (Fsp3) is 0.286. The number of esters is 1. The van der Waals surface area contributed by atoms with E-state index in [-0.39, 0.29) is 18.3 Å². The number of para-hydroxylation sites is 2. The topological polar surface area (TPSA) is 62.3 Å². The number of hydrogen-bond donors (Lipinski definition) is 0. The maximum Gasteiger partial charge on any atom is 0.337 e. The molecule has 1 aliphatic rings. The lowest BCUT2D eigenvalue weighted by Gasteiger charge is -2.39. The molecule has 1 aliphatic heterocycles. The van der Waals surface area contributed by atoms with Crippen molar-refractivity contribution < 1.29 is 23.5 Å². The van der Waals surface area contributed by atoms with E-state index in [1.54, 1.807) is 48.4 Å². The third-order valence-corrected chi connectivity index (χ3v) is 6.32. The first-order chi connectivity index (χ1) is 17.4. The highest BCUT2D eigenvalue weighted by Gasteiger charge is 2.29. The van der Waals surface area contributed by atoms with E-state index in [0.29, 0.717) is 31.7 Å². The first-order valence-electron chi connectivity index (χ1n) is 11.8. The normalized spacial score (nSPS) is 13.3. The Morgan fingerprint density at radius 1 is 0.944 bits per heavy atom. The van der Waals surface area contributed by atoms with Gasteiger partial charge in [0.05, 0.1) is 37.7 Å². The highest BCUT2D eigenvalue weighted by atomic mass is 19.1. The van der Waals surface area contributed by atoms with E-state index in [9.17, 15) is 9.59 Å². The number of nitrogens with zero attached hydrogens (tertiary/aromatic N) is 3. The maximum atomic E-state index is 15.0. The molecule has 7 nitrogen and oxygen atoms in total. The molecule has 0 aromatic heterocycles. The SMILES string of the molecule is COC(=O)c1ccc(CN(C(=O)N2CCN(c3ccccc3OC)CC2)c2ccc(C)cc2F)cc1. The van der Waals surface area contributed by atoms with Gasteiger partial charge < -0.3 is 19.3 Å². The Bertz CT molecular complexity index is 1220. The number of methoxy groups -OCH3 is 2. The number of urea groups is 1. The van der Waals surface area contributed by atoms with Gasteiger partial charge in [-0.2, -0.15) is 0 Å². The summed E-state index contributed by atoms with van der Waals surface area (Å²) in [5, 5.41) is 0. The Labute approximate surface area is 210 Å². The third-order valence-electron chi connectivity index (χ3n) is 6.32. The minimum absolute atomic E-state index is 0.160. The van der Waals surface area contributed by atoms with Crippen LogP contribution in [-0.2, 0) is 11.3 Å². The zero-order valence-electron chi connectivity index (χ0n) is 20.7. The first-order valence-corrected chi connectivity index (χ1v) is 11.8. The van der Waals surface area contributed by atoms with Crippen molar-refractivity contribution >= 4 is 23.4 Å². The van der Waals surface area contributed by atoms with E-state index in [1.807, 2.05) is 31.2 Å². The van der Waals surface area contributed by atoms with Crippen LogP contribution in [-0.4, -0.2) is 57.3 Å². The van der Waals surface area contributed by atoms with Gasteiger partial charge in [0, 0.05) is 26.2 Å². The number of carbonyl (C=O) groups is 2. The molecule has 3 aromatic rings. The third kappa shape index (κ3) is 5.43. The molecular formula is C28H30FN3O4. The summed E-state index contributed by atoms with van der Waals surface area (Å²) in [6.45, 7) is 4.20. The highest BCUT2D eigenvalue weighted by Crippen LogP contribution is 2.29. The van der Waals surface area contributed by atoms with Gasteiger partial charge in [0.1, 0.15) is 11.6 Å². The standard InChI is InChI=1S/C28H30FN3O4/c1-20-8-13-24(23(29)18-20)32(19-21-9-11-22(12-10-21)27(33)36-3)28(34)31-16-14-30(15-17-31)25-6-4-5-7-26(25)35-2/h4-13,18H,14-17,19H2,1-3H3. The van der Waals surface area contributed by atoms with Gasteiger partial charge in [-0.15, -0.1) is 0 Å². The summed E-state index contributed by atoms with van der Waals surface area (Å²) in [6.07, 6.45) is 0. The van der Waals surface area contributed by atoms with Crippen LogP contribution in [0.25, 0.3) is 0 Å². The number of carbonyl (C=O) groups excluding carboxylic acids is 2. The number of rotatable bonds is 6. The number of aryl methyl sites for hydroxylation is 1. The number of benzene rings is 3. The number of anilines is 2. The summed E-state index contributed by atoms with van der Waals surface area (Å²) in [4.78, 5) is 30.9. The Hall–Kier alpha value is -4.07. The van der Waals surface area contributed by atoms with E-state index in [1.165, 1.54) is 18.1 Å². The molecule has 1 heterocycles. The average Bonchev–Trinajstić information content (AvgIpc) is 2.91. The van der Waals surface area contributed by atoms with E-state index < -0.39 is 11.8 Å². The van der Waals surface area contributed by atoms with Crippen molar-refractivity contribution in [2.24, 2.45) is 0 Å². The van der Waals surface area contributed by atoms with Crippen LogP contribution in [0.2, 0.25) is 0 Å². The second-order valence-corrected chi connectivity index (χ2v) is 8.66. The predicted molar refractivity (Wildman–Crippen MR) is 137 cm³/mol. The van der Waals surface area contributed by atoms with Crippen molar-refractivity contribution in [2.75, 3.05) is 50.2 Å². The molecule has 0 aliphatic carbocycles. The lowest BCUT2D eigenvalue weighted by atomic mass is 10.1. The highest BCUT2D eigenvalue weighted by molar-refractivity contribution is 5.92. The van der Waals surface area contributed by atoms with Crippen molar-refractivity contribution in [3.05, 3.63) is 89.2 Å². The molecule has 1 fully saturated rings. The zero-order chi connectivity index (χ0) is 25.7. The number of hydrogen-bond acceptors (Lipinski definition) is 5. The molecule has 0 N–H and O–H groups in total. The van der Waals surface area contributed by atoms with Crippen molar-refractivity contribution in [3.63, 3.8) is 0 Å². The molecule has 0 unspecified atom stereocenters. The van der Waals surface area contributed by atoms with Gasteiger partial charge in [0.15, 0.2) is 0 Å². The van der Waals surface area contributed by atoms with Crippen molar-refractivity contribution in [1.82, 2.24) is 4.90 Å². The van der Waals surface area contributed by atoms with Crippen LogP contribution < -0.4 is 14.5 Å². The van der Waals surface area contributed by atoms with Gasteiger partial charge in [0.25, 0.3) is 0 Å². The number of piperazine rings is 1. The summed E-state index contributed by atoms with van der Waals surface area (Å²) in [5.41, 5.74) is 3.15. The van der Waals surface area contributed by atoms with E-state index in [4.69, 9.17) is 9.47 Å². The van der Waals surface area contributed by atoms with Gasteiger partial charge >= 0.3 is 12.0 Å². The minimum Gasteiger partial charge on any atom is -0.495 e. The van der Waals surface area contributed by atoms with Crippen LogP contribution in [0.3, 0.4) is 0 Å². The molecule has 4 rings (SSSR count). The molecule has 3 aromatic carbocycles. The van der Waals surface area contributed by atoms with E-state index in [0.717, 1.165) is 22.6 Å². The van der Waals surface area contributed by atoms with Gasteiger partial charge in [-0.25, -0.2) is 14.0 Å². The molecule has 8 heteroatoms. The summed E-state index contributed by atoms with van der Waals surface area (Å²) in [5.74, 6) is -0.106. The fourth-order valence-electron chi connectivity index (χ4n) is 4.33. The van der Waals surface area contributed by atoms with Gasteiger partial charge in [-0.05, 0) is 54.4 Å². The van der Waals surface area contributed by atoms with Crippen LogP contribution in [0.15, 0.2) is 66.7 Å². The van der Waals surface area contributed by atoms with Crippen LogP contribution in [0, 0.1) is 12.7 Å². The van der Waals surface area contributed by atoms with Crippen molar-refractivity contribution in [3.8, 4) is 5.75 Å². The van der Waals surface area contributed by atoms with Crippen molar-refractivity contribution in [1.29, 1.82) is 0 Å². The van der Waals surface area contributed by atoms with Crippen LogP contribution in [0.1, 0.15) is 21.5 Å². The van der Waals surface area contributed by atoms with Gasteiger partial charge in [-0.3, -0.25) is 4.90 Å². The Morgan fingerprint density at radius 3 is 2.28 bits per heavy atom. The summed E-state index contributed by atoms with van der Waals surface area (Å²) >= 11 is 0. The predicted octanol–water partition coefficient (Wildman–Crippen LogP) is 4.88. The van der Waals surface area contributed by atoms with Crippen LogP contribution >= 0.6 is 0 Å². The Morgan fingerprint density at radius 2 is 1.64 bits per heavy atom.